The number of halogens is 2. The van der Waals surface area contributed by atoms with Crippen molar-refractivity contribution < 1.29 is 13.7 Å². The molecule has 19 heavy (non-hydrogen) atoms. The summed E-state index contributed by atoms with van der Waals surface area (Å²) >= 11 is 3.34. The molecule has 1 atom stereocenters. The number of benzene rings is 1. The van der Waals surface area contributed by atoms with Gasteiger partial charge in [-0.1, -0.05) is 21.1 Å². The number of nitrogens with zero attached hydrogens (tertiary/aromatic N) is 2. The lowest BCUT2D eigenvalue weighted by Crippen LogP contribution is -2.33. The van der Waals surface area contributed by atoms with Gasteiger partial charge >= 0.3 is 0 Å². The molecule has 1 aromatic carbocycles. The van der Waals surface area contributed by atoms with E-state index in [4.69, 9.17) is 9.26 Å². The molecule has 7 heteroatoms. The molecule has 5 nitrogen and oxygen atoms in total. The highest BCUT2D eigenvalue weighted by Gasteiger charge is 2.23. The second-order valence-electron chi connectivity index (χ2n) is 4.14. The monoisotopic (exact) mass is 327 g/mol. The summed E-state index contributed by atoms with van der Waals surface area (Å²) < 4.78 is 24.7. The maximum Gasteiger partial charge on any atom is 0.257 e. The predicted octanol–water partition coefficient (Wildman–Crippen LogP) is 2.30. The third-order valence-electron chi connectivity index (χ3n) is 2.81. The highest BCUT2D eigenvalue weighted by molar-refractivity contribution is 9.10. The van der Waals surface area contributed by atoms with Gasteiger partial charge in [0.05, 0.1) is 6.61 Å². The lowest BCUT2D eigenvalue weighted by atomic mass is 10.2. The Kier molecular flexibility index (Phi) is 3.58. The molecule has 1 fully saturated rings. The molecule has 2 aromatic rings. The Morgan fingerprint density at radius 1 is 1.42 bits per heavy atom. The van der Waals surface area contributed by atoms with E-state index in [2.05, 4.69) is 31.4 Å². The van der Waals surface area contributed by atoms with Gasteiger partial charge in [0.2, 0.25) is 5.82 Å². The van der Waals surface area contributed by atoms with Gasteiger partial charge < -0.3 is 14.6 Å². The van der Waals surface area contributed by atoms with Gasteiger partial charge in [-0.2, -0.15) is 4.98 Å². The zero-order chi connectivity index (χ0) is 13.2. The molecule has 1 aromatic heterocycles. The number of ether oxygens (including phenoxy) is 1. The van der Waals surface area contributed by atoms with Crippen molar-refractivity contribution in [3.8, 4) is 11.4 Å². The normalized spacial score (nSPS) is 19.6. The zero-order valence-electron chi connectivity index (χ0n) is 9.90. The van der Waals surface area contributed by atoms with Gasteiger partial charge in [-0.3, -0.25) is 0 Å². The van der Waals surface area contributed by atoms with Crippen molar-refractivity contribution in [2.24, 2.45) is 0 Å². The van der Waals surface area contributed by atoms with Crippen molar-refractivity contribution in [3.05, 3.63) is 34.4 Å². The Labute approximate surface area is 117 Å². The highest BCUT2D eigenvalue weighted by Crippen LogP contribution is 2.28. The fourth-order valence-corrected chi connectivity index (χ4v) is 2.29. The van der Waals surface area contributed by atoms with Crippen molar-refractivity contribution in [2.75, 3.05) is 19.7 Å². The summed E-state index contributed by atoms with van der Waals surface area (Å²) in [4.78, 5) is 4.27. The third kappa shape index (κ3) is 2.68. The molecule has 1 aliphatic rings. The van der Waals surface area contributed by atoms with Gasteiger partial charge in [0.15, 0.2) is 0 Å². The van der Waals surface area contributed by atoms with E-state index in [1.165, 1.54) is 12.1 Å². The van der Waals surface area contributed by atoms with E-state index in [1.807, 2.05) is 0 Å². The van der Waals surface area contributed by atoms with E-state index < -0.39 is 0 Å². The standard InChI is InChI=1S/C12H11BrFN3O2/c13-9-2-1-7(14)5-8(9)11-16-12(19-17-11)10-6-15-3-4-18-10/h1-2,5,10,15H,3-4,6H2. The van der Waals surface area contributed by atoms with Gasteiger partial charge in [-0.25, -0.2) is 4.39 Å². The van der Waals surface area contributed by atoms with E-state index in [1.54, 1.807) is 6.07 Å². The summed E-state index contributed by atoms with van der Waals surface area (Å²) in [5.41, 5.74) is 0.554. The highest BCUT2D eigenvalue weighted by atomic mass is 79.9. The molecule has 100 valence electrons. The molecule has 2 heterocycles. The second kappa shape index (κ2) is 5.36. The van der Waals surface area contributed by atoms with Gasteiger partial charge in [0.1, 0.15) is 11.9 Å². The summed E-state index contributed by atoms with van der Waals surface area (Å²) in [6, 6.07) is 4.33. The molecule has 3 rings (SSSR count). The molecule has 1 unspecified atom stereocenters. The van der Waals surface area contributed by atoms with Crippen LogP contribution in [-0.4, -0.2) is 29.8 Å². The van der Waals surface area contributed by atoms with Crippen LogP contribution in [-0.2, 0) is 4.74 Å². The van der Waals surface area contributed by atoms with Crippen LogP contribution in [0.2, 0.25) is 0 Å². The predicted molar refractivity (Wildman–Crippen MR) is 69.0 cm³/mol. The third-order valence-corrected chi connectivity index (χ3v) is 3.51. The molecule has 1 saturated heterocycles. The first kappa shape index (κ1) is 12.7. The average Bonchev–Trinajstić information content (AvgIpc) is 2.92. The van der Waals surface area contributed by atoms with Crippen LogP contribution in [0.1, 0.15) is 12.0 Å². The molecule has 1 N–H and O–H groups in total. The van der Waals surface area contributed by atoms with Crippen LogP contribution >= 0.6 is 15.9 Å². The van der Waals surface area contributed by atoms with E-state index in [0.717, 1.165) is 6.54 Å². The Bertz CT molecular complexity index is 584. The fraction of sp³-hybridized carbons (Fsp3) is 0.333. The summed E-state index contributed by atoms with van der Waals surface area (Å²) in [5.74, 6) is 0.397. The molecular formula is C12H11BrFN3O2. The van der Waals surface area contributed by atoms with Gasteiger partial charge in [0, 0.05) is 23.1 Å². The topological polar surface area (TPSA) is 60.2 Å². The minimum Gasteiger partial charge on any atom is -0.366 e. The van der Waals surface area contributed by atoms with E-state index in [-0.39, 0.29) is 11.9 Å². The smallest absolute Gasteiger partial charge is 0.257 e. The molecule has 0 bridgehead atoms. The Morgan fingerprint density at radius 2 is 2.32 bits per heavy atom. The van der Waals surface area contributed by atoms with Crippen LogP contribution in [0.4, 0.5) is 4.39 Å². The minimum absolute atomic E-state index is 0.248. The maximum absolute atomic E-state index is 13.3. The van der Waals surface area contributed by atoms with E-state index >= 15 is 0 Å². The molecule has 1 aliphatic heterocycles. The summed E-state index contributed by atoms with van der Waals surface area (Å²) in [6.07, 6.45) is -0.248. The Hall–Kier alpha value is -1.31. The van der Waals surface area contributed by atoms with Crippen LogP contribution in [0.5, 0.6) is 0 Å². The number of hydrogen-bond donors (Lipinski definition) is 1. The molecule has 0 spiro atoms. The van der Waals surface area contributed by atoms with Gasteiger partial charge in [-0.05, 0) is 18.2 Å². The van der Waals surface area contributed by atoms with Crippen LogP contribution in [0, 0.1) is 5.82 Å². The van der Waals surface area contributed by atoms with Gasteiger partial charge in [0.25, 0.3) is 5.89 Å². The van der Waals surface area contributed by atoms with E-state index in [0.29, 0.717) is 34.9 Å². The molecular weight excluding hydrogens is 317 g/mol. The van der Waals surface area contributed by atoms with Crippen molar-refractivity contribution in [2.45, 2.75) is 6.10 Å². The number of morpholine rings is 1. The van der Waals surface area contributed by atoms with Crippen molar-refractivity contribution in [1.82, 2.24) is 15.5 Å². The molecule has 0 amide bonds. The SMILES string of the molecule is Fc1ccc(Br)c(-c2noc(C3CNCCO3)n2)c1. The Balaban J connectivity index is 1.89. The van der Waals surface area contributed by atoms with E-state index in [9.17, 15) is 4.39 Å². The quantitative estimate of drug-likeness (QED) is 0.917. The number of aromatic nitrogens is 2. The minimum atomic E-state index is -0.347. The average molecular weight is 328 g/mol. The molecule has 0 radical (unpaired) electrons. The molecule has 0 saturated carbocycles. The van der Waals surface area contributed by atoms with Crippen molar-refractivity contribution in [1.29, 1.82) is 0 Å². The first-order valence-corrected chi connectivity index (χ1v) is 6.64. The second-order valence-corrected chi connectivity index (χ2v) is 5.00. The van der Waals surface area contributed by atoms with Crippen LogP contribution < -0.4 is 5.32 Å². The lowest BCUT2D eigenvalue weighted by Gasteiger charge is -2.19. The first-order valence-electron chi connectivity index (χ1n) is 5.85. The van der Waals surface area contributed by atoms with Crippen LogP contribution in [0.15, 0.2) is 27.2 Å². The number of rotatable bonds is 2. The summed E-state index contributed by atoms with van der Waals surface area (Å²) in [5, 5.41) is 7.05. The maximum atomic E-state index is 13.3. The van der Waals surface area contributed by atoms with Crippen molar-refractivity contribution in [3.63, 3.8) is 0 Å². The zero-order valence-corrected chi connectivity index (χ0v) is 11.5. The van der Waals surface area contributed by atoms with Gasteiger partial charge in [-0.15, -0.1) is 0 Å². The van der Waals surface area contributed by atoms with Crippen LogP contribution in [0.3, 0.4) is 0 Å². The van der Waals surface area contributed by atoms with Crippen molar-refractivity contribution >= 4 is 15.9 Å². The number of nitrogens with one attached hydrogen (secondary N) is 1. The first-order chi connectivity index (χ1) is 9.24. The Morgan fingerprint density at radius 3 is 3.11 bits per heavy atom. The number of hydrogen-bond acceptors (Lipinski definition) is 5. The lowest BCUT2D eigenvalue weighted by molar-refractivity contribution is 0.00755. The van der Waals surface area contributed by atoms with Crippen LogP contribution in [0.25, 0.3) is 11.4 Å². The largest absolute Gasteiger partial charge is 0.366 e. The molecule has 0 aliphatic carbocycles. The fourth-order valence-electron chi connectivity index (χ4n) is 1.87. The summed E-state index contributed by atoms with van der Waals surface area (Å²) in [6.45, 7) is 2.05. The summed E-state index contributed by atoms with van der Waals surface area (Å²) in [7, 11) is 0.